The van der Waals surface area contributed by atoms with Gasteiger partial charge in [-0.05, 0) is 23.8 Å². The Balaban J connectivity index is 2.85. The molecule has 0 aliphatic carbocycles. The number of hydrogen-bond acceptors (Lipinski definition) is 8. The summed E-state index contributed by atoms with van der Waals surface area (Å²) >= 11 is 0. The number of carbonyl (C=O) groups excluding carboxylic acids is 2. The third kappa shape index (κ3) is 9.39. The second-order valence-corrected chi connectivity index (χ2v) is 5.74. The van der Waals surface area contributed by atoms with Gasteiger partial charge >= 0.3 is 0 Å². The largest absolute Gasteiger partial charge is 0.495 e. The molecule has 0 saturated heterocycles. The van der Waals surface area contributed by atoms with Crippen molar-refractivity contribution >= 4 is 23.6 Å². The van der Waals surface area contributed by atoms with Crippen molar-refractivity contribution in [3.8, 4) is 5.75 Å². The minimum atomic E-state index is -0.583. The number of hydrogen-bond donors (Lipinski definition) is 5. The molecule has 0 radical (unpaired) electrons. The summed E-state index contributed by atoms with van der Waals surface area (Å²) in [4.78, 5) is 25.0. The maximum atomic E-state index is 12.5. The fourth-order valence-corrected chi connectivity index (χ4v) is 2.24. The second-order valence-electron chi connectivity index (χ2n) is 5.74. The van der Waals surface area contributed by atoms with Crippen molar-refractivity contribution in [2.24, 2.45) is 0 Å². The molecule has 0 saturated carbocycles. The Kier molecular flexibility index (Phi) is 12.1. The topological polar surface area (TPSA) is 152 Å². The zero-order valence-corrected chi connectivity index (χ0v) is 16.5. The number of carbonyl (C=O) groups is 2. The number of nitrogens with two attached hydrogens (primary N) is 1. The SMILES string of the molecule is COc1ccc(C=C(C(=O)NCCOCCO)C(=O)NCCOCCO)cc1N. The molecule has 6 N–H and O–H groups in total. The number of methoxy groups -OCH3 is 1. The van der Waals surface area contributed by atoms with Crippen LogP contribution in [0, 0.1) is 0 Å². The van der Waals surface area contributed by atoms with Crippen LogP contribution in [0.5, 0.6) is 5.75 Å². The zero-order chi connectivity index (χ0) is 21.5. The summed E-state index contributed by atoms with van der Waals surface area (Å²) in [6.45, 7) is 0.854. The summed E-state index contributed by atoms with van der Waals surface area (Å²) in [7, 11) is 1.49. The number of amides is 2. The standard InChI is InChI=1S/C19H29N3O7/c1-27-17-3-2-14(13-16(17)20)12-15(18(25)21-4-8-28-10-6-23)19(26)22-5-9-29-11-7-24/h2-3,12-13,23-24H,4-11,20H2,1H3,(H,21,25)(H,22,26). The van der Waals surface area contributed by atoms with E-state index in [1.165, 1.54) is 13.2 Å². The van der Waals surface area contributed by atoms with Gasteiger partial charge in [-0.15, -0.1) is 0 Å². The van der Waals surface area contributed by atoms with E-state index in [-0.39, 0.29) is 58.3 Å². The summed E-state index contributed by atoms with van der Waals surface area (Å²) in [5.74, 6) is -0.679. The normalized spacial score (nSPS) is 10.3. The number of nitrogen functional groups attached to an aromatic ring is 1. The molecule has 0 aliphatic heterocycles. The molecule has 0 bridgehead atoms. The van der Waals surface area contributed by atoms with E-state index in [4.69, 9.17) is 30.2 Å². The lowest BCUT2D eigenvalue weighted by atomic mass is 10.1. The molecule has 10 heteroatoms. The van der Waals surface area contributed by atoms with Crippen molar-refractivity contribution in [1.29, 1.82) is 0 Å². The van der Waals surface area contributed by atoms with Gasteiger partial charge in [-0.3, -0.25) is 9.59 Å². The highest BCUT2D eigenvalue weighted by Gasteiger charge is 2.18. The summed E-state index contributed by atoms with van der Waals surface area (Å²) in [5, 5.41) is 22.5. The van der Waals surface area contributed by atoms with E-state index in [1.807, 2.05) is 0 Å². The molecule has 1 rings (SSSR count). The quantitative estimate of drug-likeness (QED) is 0.0851. The molecular formula is C19H29N3O7. The minimum absolute atomic E-state index is 0.112. The fraction of sp³-hybridized carbons (Fsp3) is 0.474. The van der Waals surface area contributed by atoms with Crippen molar-refractivity contribution in [3.63, 3.8) is 0 Å². The summed E-state index contributed by atoms with van der Waals surface area (Å²) in [6.07, 6.45) is 1.42. The summed E-state index contributed by atoms with van der Waals surface area (Å²) < 4.78 is 15.3. The van der Waals surface area contributed by atoms with Crippen LogP contribution < -0.4 is 21.1 Å². The van der Waals surface area contributed by atoms with E-state index in [0.29, 0.717) is 17.0 Å². The molecule has 1 aromatic carbocycles. The molecule has 0 aliphatic rings. The molecule has 29 heavy (non-hydrogen) atoms. The predicted molar refractivity (Wildman–Crippen MR) is 107 cm³/mol. The van der Waals surface area contributed by atoms with Gasteiger partial charge in [0.25, 0.3) is 11.8 Å². The number of benzene rings is 1. The lowest BCUT2D eigenvalue weighted by Crippen LogP contribution is -2.37. The Morgan fingerprint density at radius 3 is 2.00 bits per heavy atom. The van der Waals surface area contributed by atoms with E-state index < -0.39 is 11.8 Å². The lowest BCUT2D eigenvalue weighted by Gasteiger charge is -2.11. The van der Waals surface area contributed by atoms with Crippen LogP contribution in [0.2, 0.25) is 0 Å². The van der Waals surface area contributed by atoms with E-state index in [2.05, 4.69) is 10.6 Å². The molecule has 0 fully saturated rings. The second kappa shape index (κ2) is 14.4. The Labute approximate surface area is 169 Å². The predicted octanol–water partition coefficient (Wildman–Crippen LogP) is -1.09. The van der Waals surface area contributed by atoms with Crippen LogP contribution in [0.25, 0.3) is 6.08 Å². The smallest absolute Gasteiger partial charge is 0.256 e. The maximum Gasteiger partial charge on any atom is 0.256 e. The Morgan fingerprint density at radius 1 is 1.00 bits per heavy atom. The third-order valence-electron chi connectivity index (χ3n) is 3.59. The summed E-state index contributed by atoms with van der Waals surface area (Å²) in [5.41, 5.74) is 6.70. The van der Waals surface area contributed by atoms with Crippen LogP contribution in [0.3, 0.4) is 0 Å². The molecule has 2 amide bonds. The van der Waals surface area contributed by atoms with Gasteiger partial charge in [-0.25, -0.2) is 0 Å². The molecule has 0 heterocycles. The van der Waals surface area contributed by atoms with E-state index in [0.717, 1.165) is 0 Å². The number of ether oxygens (including phenoxy) is 3. The van der Waals surface area contributed by atoms with Gasteiger partial charge in [-0.1, -0.05) is 6.07 Å². The van der Waals surface area contributed by atoms with Crippen molar-refractivity contribution < 1.29 is 34.0 Å². The first kappa shape index (κ1) is 24.4. The Bertz CT molecular complexity index is 652. The fourth-order valence-electron chi connectivity index (χ4n) is 2.24. The third-order valence-corrected chi connectivity index (χ3v) is 3.59. The van der Waals surface area contributed by atoms with Crippen molar-refractivity contribution in [3.05, 3.63) is 29.3 Å². The average Bonchev–Trinajstić information content (AvgIpc) is 2.71. The number of anilines is 1. The zero-order valence-electron chi connectivity index (χ0n) is 16.5. The lowest BCUT2D eigenvalue weighted by molar-refractivity contribution is -0.123. The van der Waals surface area contributed by atoms with E-state index in [1.54, 1.807) is 18.2 Å². The molecule has 0 spiro atoms. The average molecular weight is 411 g/mol. The molecule has 10 nitrogen and oxygen atoms in total. The van der Waals surface area contributed by atoms with Gasteiger partial charge < -0.3 is 40.8 Å². The Hall–Kier alpha value is -2.66. The van der Waals surface area contributed by atoms with Crippen molar-refractivity contribution in [1.82, 2.24) is 10.6 Å². The maximum absolute atomic E-state index is 12.5. The highest BCUT2D eigenvalue weighted by atomic mass is 16.5. The van der Waals surface area contributed by atoms with Gasteiger partial charge in [0.15, 0.2) is 0 Å². The first-order valence-electron chi connectivity index (χ1n) is 9.12. The van der Waals surface area contributed by atoms with Crippen LogP contribution in [-0.2, 0) is 19.1 Å². The molecule has 0 aromatic heterocycles. The molecular weight excluding hydrogens is 382 g/mol. The van der Waals surface area contributed by atoms with Crippen molar-refractivity contribution in [2.75, 3.05) is 65.6 Å². The number of aliphatic hydroxyl groups excluding tert-OH is 2. The van der Waals surface area contributed by atoms with Crippen LogP contribution in [0.4, 0.5) is 5.69 Å². The molecule has 0 atom stereocenters. The van der Waals surface area contributed by atoms with Gasteiger partial charge in [-0.2, -0.15) is 0 Å². The first-order chi connectivity index (χ1) is 14.0. The van der Waals surface area contributed by atoms with Crippen LogP contribution in [0.1, 0.15) is 5.56 Å². The van der Waals surface area contributed by atoms with E-state index in [9.17, 15) is 9.59 Å². The van der Waals surface area contributed by atoms with Crippen molar-refractivity contribution in [2.45, 2.75) is 0 Å². The number of rotatable bonds is 14. The van der Waals surface area contributed by atoms with E-state index >= 15 is 0 Å². The first-order valence-corrected chi connectivity index (χ1v) is 9.12. The summed E-state index contributed by atoms with van der Waals surface area (Å²) in [6, 6.07) is 4.90. The number of nitrogens with one attached hydrogen (secondary N) is 2. The molecule has 162 valence electrons. The van der Waals surface area contributed by atoms with Crippen LogP contribution in [0.15, 0.2) is 23.8 Å². The monoisotopic (exact) mass is 411 g/mol. The van der Waals surface area contributed by atoms with Gasteiger partial charge in [0.1, 0.15) is 11.3 Å². The Morgan fingerprint density at radius 2 is 1.55 bits per heavy atom. The van der Waals surface area contributed by atoms with Gasteiger partial charge in [0.2, 0.25) is 0 Å². The highest BCUT2D eigenvalue weighted by Crippen LogP contribution is 2.23. The van der Waals surface area contributed by atoms with Crippen LogP contribution >= 0.6 is 0 Å². The van der Waals surface area contributed by atoms with Gasteiger partial charge in [0.05, 0.1) is 52.4 Å². The highest BCUT2D eigenvalue weighted by molar-refractivity contribution is 6.21. The minimum Gasteiger partial charge on any atom is -0.495 e. The molecule has 0 unspecified atom stereocenters. The van der Waals surface area contributed by atoms with Crippen LogP contribution in [-0.4, -0.2) is 81.9 Å². The molecule has 1 aromatic rings. The number of aliphatic hydroxyl groups is 2. The van der Waals surface area contributed by atoms with Gasteiger partial charge in [0, 0.05) is 13.1 Å².